The second kappa shape index (κ2) is 4.16. The van der Waals surface area contributed by atoms with Crippen LogP contribution in [0.2, 0.25) is 0 Å². The maximum absolute atomic E-state index is 11.9. The van der Waals surface area contributed by atoms with Crippen LogP contribution in [-0.2, 0) is 0 Å². The van der Waals surface area contributed by atoms with Gasteiger partial charge in [0.1, 0.15) is 0 Å². The number of nitrogens with zero attached hydrogens (tertiary/aromatic N) is 2. The maximum atomic E-state index is 11.9. The van der Waals surface area contributed by atoms with Gasteiger partial charge in [-0.15, -0.1) is 0 Å². The number of rotatable bonds is 2. The molecule has 1 heterocycles. The van der Waals surface area contributed by atoms with Crippen molar-refractivity contribution in [3.05, 3.63) is 33.7 Å². The molecule has 0 fully saturated rings. The first-order chi connectivity index (χ1) is 6.99. The van der Waals surface area contributed by atoms with Gasteiger partial charge >= 0.3 is 0 Å². The summed E-state index contributed by atoms with van der Waals surface area (Å²) in [7, 11) is 0. The van der Waals surface area contributed by atoms with E-state index in [0.29, 0.717) is 0 Å². The van der Waals surface area contributed by atoms with Gasteiger partial charge in [-0.2, -0.15) is 0 Å². The lowest BCUT2D eigenvalue weighted by Crippen LogP contribution is -2.32. The number of nitrogens with two attached hydrogens (primary N) is 1. The van der Waals surface area contributed by atoms with E-state index in [0.717, 1.165) is 5.69 Å². The molecule has 0 spiro atoms. The molecule has 1 aromatic rings. The SMILES string of the molecule is Cc1ccc(/C(N)=N/O)c(=O)n1C(C)C. The monoisotopic (exact) mass is 209 g/mol. The van der Waals surface area contributed by atoms with Crippen LogP contribution in [0.25, 0.3) is 0 Å². The number of amidine groups is 1. The first-order valence-corrected chi connectivity index (χ1v) is 4.69. The van der Waals surface area contributed by atoms with Crippen LogP contribution in [0.1, 0.15) is 31.1 Å². The topological polar surface area (TPSA) is 80.6 Å². The lowest BCUT2D eigenvalue weighted by Gasteiger charge is -2.14. The van der Waals surface area contributed by atoms with E-state index in [1.54, 1.807) is 16.7 Å². The normalized spacial score (nSPS) is 12.1. The van der Waals surface area contributed by atoms with E-state index in [4.69, 9.17) is 10.9 Å². The minimum Gasteiger partial charge on any atom is -0.409 e. The van der Waals surface area contributed by atoms with Crippen molar-refractivity contribution in [3.63, 3.8) is 0 Å². The zero-order valence-corrected chi connectivity index (χ0v) is 9.06. The Bertz CT molecular complexity index is 446. The van der Waals surface area contributed by atoms with Gasteiger partial charge in [0.2, 0.25) is 0 Å². The summed E-state index contributed by atoms with van der Waals surface area (Å²) in [5.74, 6) is -0.158. The van der Waals surface area contributed by atoms with Crippen molar-refractivity contribution in [2.24, 2.45) is 10.9 Å². The van der Waals surface area contributed by atoms with Crippen LogP contribution in [0.3, 0.4) is 0 Å². The molecule has 0 aliphatic carbocycles. The molecule has 0 unspecified atom stereocenters. The van der Waals surface area contributed by atoms with Crippen LogP contribution >= 0.6 is 0 Å². The number of aryl methyl sites for hydroxylation is 1. The first-order valence-electron chi connectivity index (χ1n) is 4.69. The van der Waals surface area contributed by atoms with Gasteiger partial charge < -0.3 is 15.5 Å². The third kappa shape index (κ3) is 2.01. The van der Waals surface area contributed by atoms with Crippen LogP contribution in [-0.4, -0.2) is 15.6 Å². The molecule has 0 amide bonds. The van der Waals surface area contributed by atoms with Crippen molar-refractivity contribution >= 4 is 5.84 Å². The van der Waals surface area contributed by atoms with Crippen molar-refractivity contribution in [1.82, 2.24) is 4.57 Å². The van der Waals surface area contributed by atoms with Gasteiger partial charge in [0, 0.05) is 11.7 Å². The molecule has 82 valence electrons. The Morgan fingerprint density at radius 2 is 2.13 bits per heavy atom. The summed E-state index contributed by atoms with van der Waals surface area (Å²) in [6.07, 6.45) is 0. The van der Waals surface area contributed by atoms with Crippen LogP contribution < -0.4 is 11.3 Å². The van der Waals surface area contributed by atoms with Gasteiger partial charge in [-0.25, -0.2) is 0 Å². The van der Waals surface area contributed by atoms with Gasteiger partial charge in [-0.05, 0) is 32.9 Å². The summed E-state index contributed by atoms with van der Waals surface area (Å²) in [4.78, 5) is 11.9. The highest BCUT2D eigenvalue weighted by atomic mass is 16.4. The third-order valence-electron chi connectivity index (χ3n) is 2.22. The predicted octanol–water partition coefficient (Wildman–Crippen LogP) is 0.832. The van der Waals surface area contributed by atoms with Crippen LogP contribution in [0.4, 0.5) is 0 Å². The Labute approximate surface area is 87.8 Å². The van der Waals surface area contributed by atoms with Crippen molar-refractivity contribution in [3.8, 4) is 0 Å². The van der Waals surface area contributed by atoms with Crippen molar-refractivity contribution < 1.29 is 5.21 Å². The van der Waals surface area contributed by atoms with E-state index in [2.05, 4.69) is 5.16 Å². The zero-order valence-electron chi connectivity index (χ0n) is 9.06. The fraction of sp³-hybridized carbons (Fsp3) is 0.400. The summed E-state index contributed by atoms with van der Waals surface area (Å²) in [6, 6.07) is 3.38. The van der Waals surface area contributed by atoms with Crippen LogP contribution in [0, 0.1) is 6.92 Å². The molecule has 0 aliphatic heterocycles. The maximum Gasteiger partial charge on any atom is 0.262 e. The van der Waals surface area contributed by atoms with Crippen LogP contribution in [0.15, 0.2) is 22.1 Å². The minimum atomic E-state index is -0.236. The van der Waals surface area contributed by atoms with Crippen molar-refractivity contribution in [1.29, 1.82) is 0 Å². The number of pyridine rings is 1. The minimum absolute atomic E-state index is 0.0453. The smallest absolute Gasteiger partial charge is 0.262 e. The Hall–Kier alpha value is -1.78. The number of aromatic nitrogens is 1. The molecule has 1 aromatic heterocycles. The van der Waals surface area contributed by atoms with E-state index in [-0.39, 0.29) is 23.0 Å². The van der Waals surface area contributed by atoms with E-state index in [1.807, 2.05) is 20.8 Å². The molecule has 0 saturated carbocycles. The molecule has 3 N–H and O–H groups in total. The summed E-state index contributed by atoms with van der Waals surface area (Å²) < 4.78 is 1.60. The molecular formula is C10H15N3O2. The number of hydrogen-bond acceptors (Lipinski definition) is 3. The highest BCUT2D eigenvalue weighted by Crippen LogP contribution is 2.06. The summed E-state index contributed by atoms with van der Waals surface area (Å²) >= 11 is 0. The zero-order chi connectivity index (χ0) is 11.6. The Balaban J connectivity index is 3.49. The van der Waals surface area contributed by atoms with Crippen molar-refractivity contribution in [2.75, 3.05) is 0 Å². The molecule has 5 heteroatoms. The fourth-order valence-electron chi connectivity index (χ4n) is 1.54. The average Bonchev–Trinajstić information content (AvgIpc) is 2.16. The largest absolute Gasteiger partial charge is 0.409 e. The summed E-state index contributed by atoms with van der Waals surface area (Å²) in [6.45, 7) is 5.66. The number of oxime groups is 1. The lowest BCUT2D eigenvalue weighted by molar-refractivity contribution is 0.318. The second-order valence-corrected chi connectivity index (χ2v) is 3.64. The molecule has 5 nitrogen and oxygen atoms in total. The predicted molar refractivity (Wildman–Crippen MR) is 58.3 cm³/mol. The van der Waals surface area contributed by atoms with Gasteiger partial charge in [-0.3, -0.25) is 4.79 Å². The van der Waals surface area contributed by atoms with E-state index >= 15 is 0 Å². The molecule has 0 aromatic carbocycles. The highest BCUT2D eigenvalue weighted by Gasteiger charge is 2.11. The van der Waals surface area contributed by atoms with Gasteiger partial charge in [0.15, 0.2) is 5.84 Å². The van der Waals surface area contributed by atoms with Gasteiger partial charge in [0.25, 0.3) is 5.56 Å². The molecule has 0 atom stereocenters. The quantitative estimate of drug-likeness (QED) is 0.327. The van der Waals surface area contributed by atoms with Gasteiger partial charge in [-0.1, -0.05) is 5.16 Å². The van der Waals surface area contributed by atoms with E-state index < -0.39 is 0 Å². The van der Waals surface area contributed by atoms with Gasteiger partial charge in [0.05, 0.1) is 5.56 Å². The average molecular weight is 209 g/mol. The third-order valence-corrected chi connectivity index (χ3v) is 2.22. The summed E-state index contributed by atoms with van der Waals surface area (Å²) in [5.41, 5.74) is 6.24. The van der Waals surface area contributed by atoms with E-state index in [1.165, 1.54) is 0 Å². The lowest BCUT2D eigenvalue weighted by atomic mass is 10.2. The molecule has 0 radical (unpaired) electrons. The Morgan fingerprint density at radius 3 is 2.60 bits per heavy atom. The van der Waals surface area contributed by atoms with E-state index in [9.17, 15) is 4.79 Å². The molecular weight excluding hydrogens is 194 g/mol. The van der Waals surface area contributed by atoms with Crippen LogP contribution in [0.5, 0.6) is 0 Å². The fourth-order valence-corrected chi connectivity index (χ4v) is 1.54. The second-order valence-electron chi connectivity index (χ2n) is 3.64. The molecule has 0 saturated heterocycles. The first kappa shape index (κ1) is 11.3. The molecule has 0 bridgehead atoms. The Morgan fingerprint density at radius 1 is 1.53 bits per heavy atom. The number of hydrogen-bond donors (Lipinski definition) is 2. The standard InChI is InChI=1S/C10H15N3O2/c1-6(2)13-7(3)4-5-8(10(13)14)9(11)12-15/h4-6,15H,1-3H3,(H2,11,12). The molecule has 1 rings (SSSR count). The molecule has 0 aliphatic rings. The highest BCUT2D eigenvalue weighted by molar-refractivity contribution is 5.96. The summed E-state index contributed by atoms with van der Waals surface area (Å²) in [5, 5.41) is 11.4. The van der Waals surface area contributed by atoms with Crippen molar-refractivity contribution in [2.45, 2.75) is 26.8 Å². The Kier molecular flexibility index (Phi) is 3.14. The molecule has 15 heavy (non-hydrogen) atoms.